The van der Waals surface area contributed by atoms with E-state index in [0.717, 1.165) is 31.4 Å². The fourth-order valence-electron chi connectivity index (χ4n) is 4.77. The van der Waals surface area contributed by atoms with E-state index >= 15 is 0 Å². The summed E-state index contributed by atoms with van der Waals surface area (Å²) in [6.07, 6.45) is 7.43. The Balaban J connectivity index is 1.52. The molecule has 0 aromatic heterocycles. The van der Waals surface area contributed by atoms with Crippen LogP contribution in [0.25, 0.3) is 0 Å². The van der Waals surface area contributed by atoms with Gasteiger partial charge in [-0.05, 0) is 48.6 Å². The number of rotatable bonds is 5. The first kappa shape index (κ1) is 23.4. The minimum Gasteiger partial charge on any atom is -0.335 e. The van der Waals surface area contributed by atoms with Gasteiger partial charge in [0.05, 0.1) is 0 Å². The molecule has 6 nitrogen and oxygen atoms in total. The predicted octanol–water partition coefficient (Wildman–Crippen LogP) is 5.56. The van der Waals surface area contributed by atoms with Gasteiger partial charge in [-0.3, -0.25) is 0 Å². The van der Waals surface area contributed by atoms with Crippen LogP contribution in [0.3, 0.4) is 0 Å². The molecule has 1 aromatic carbocycles. The maximum absolute atomic E-state index is 13.0. The van der Waals surface area contributed by atoms with E-state index in [1.54, 1.807) is 0 Å². The quantitative estimate of drug-likeness (QED) is 0.574. The number of urea groups is 2. The molecule has 1 heterocycles. The second-order valence-electron chi connectivity index (χ2n) is 9.77. The van der Waals surface area contributed by atoms with Crippen LogP contribution < -0.4 is 16.0 Å². The second-order valence-corrected chi connectivity index (χ2v) is 9.77. The fourth-order valence-corrected chi connectivity index (χ4v) is 4.77. The molecule has 172 valence electrons. The highest BCUT2D eigenvalue weighted by Crippen LogP contribution is 2.32. The summed E-state index contributed by atoms with van der Waals surface area (Å²) in [4.78, 5) is 27.2. The molecule has 1 saturated heterocycles. The van der Waals surface area contributed by atoms with Crippen LogP contribution in [0.15, 0.2) is 18.2 Å². The van der Waals surface area contributed by atoms with Crippen LogP contribution in [0.5, 0.6) is 0 Å². The number of amides is 4. The second kappa shape index (κ2) is 10.9. The van der Waals surface area contributed by atoms with E-state index in [-0.39, 0.29) is 18.1 Å². The van der Waals surface area contributed by atoms with Gasteiger partial charge in [0.2, 0.25) is 0 Å². The van der Waals surface area contributed by atoms with Crippen LogP contribution in [0.4, 0.5) is 15.3 Å². The molecule has 4 amide bonds. The molecule has 1 aliphatic heterocycles. The Morgan fingerprint density at radius 1 is 0.839 bits per heavy atom. The molecule has 0 atom stereocenters. The summed E-state index contributed by atoms with van der Waals surface area (Å²) in [5.41, 5.74) is 3.32. The highest BCUT2D eigenvalue weighted by molar-refractivity contribution is 5.91. The molecule has 0 unspecified atom stereocenters. The maximum Gasteiger partial charge on any atom is 0.321 e. The first-order valence-corrected chi connectivity index (χ1v) is 12.1. The summed E-state index contributed by atoms with van der Waals surface area (Å²) in [6.45, 7) is 9.94. The van der Waals surface area contributed by atoms with Gasteiger partial charge >= 0.3 is 12.1 Å². The highest BCUT2D eigenvalue weighted by atomic mass is 16.2. The third-order valence-corrected chi connectivity index (χ3v) is 6.66. The minimum absolute atomic E-state index is 0.0416. The molecule has 6 heteroatoms. The Bertz CT molecular complexity index is 722. The molecular formula is C25H40N4O2. The van der Waals surface area contributed by atoms with Crippen molar-refractivity contribution in [3.8, 4) is 0 Å². The number of nitrogens with one attached hydrogen (secondary N) is 3. The van der Waals surface area contributed by atoms with E-state index in [0.29, 0.717) is 31.0 Å². The Morgan fingerprint density at radius 3 is 1.87 bits per heavy atom. The van der Waals surface area contributed by atoms with E-state index in [1.807, 2.05) is 4.90 Å². The predicted molar refractivity (Wildman–Crippen MR) is 127 cm³/mol. The monoisotopic (exact) mass is 428 g/mol. The first-order chi connectivity index (χ1) is 14.8. The summed E-state index contributed by atoms with van der Waals surface area (Å²) >= 11 is 0. The number of benzene rings is 1. The Morgan fingerprint density at radius 2 is 1.35 bits per heavy atom. The molecule has 0 spiro atoms. The lowest BCUT2D eigenvalue weighted by Gasteiger charge is -2.33. The molecule has 1 aliphatic carbocycles. The van der Waals surface area contributed by atoms with Crippen molar-refractivity contribution in [1.29, 1.82) is 0 Å². The van der Waals surface area contributed by atoms with Crippen molar-refractivity contribution in [1.82, 2.24) is 15.5 Å². The molecule has 0 radical (unpaired) electrons. The van der Waals surface area contributed by atoms with Gasteiger partial charge in [0.25, 0.3) is 0 Å². The molecule has 3 N–H and O–H groups in total. The number of nitrogens with zero attached hydrogens (tertiary/aromatic N) is 1. The topological polar surface area (TPSA) is 73.5 Å². The van der Waals surface area contributed by atoms with Gasteiger partial charge in [0.15, 0.2) is 0 Å². The number of para-hydroxylation sites is 1. The average Bonchev–Trinajstić information content (AvgIpc) is 2.74. The molecule has 3 rings (SSSR count). The SMILES string of the molecule is CC(C)c1cccc(C(C)C)c1NC(=O)N1CCC(NC(=O)NC2CCCCC2)CC1. The van der Waals surface area contributed by atoms with E-state index in [9.17, 15) is 9.59 Å². The summed E-state index contributed by atoms with van der Waals surface area (Å²) in [5, 5.41) is 9.45. The Labute approximate surface area is 187 Å². The number of piperidine rings is 1. The lowest BCUT2D eigenvalue weighted by molar-refractivity contribution is 0.186. The molecule has 31 heavy (non-hydrogen) atoms. The Kier molecular flexibility index (Phi) is 8.22. The lowest BCUT2D eigenvalue weighted by Crippen LogP contribution is -2.51. The fraction of sp³-hybridized carbons (Fsp3) is 0.680. The van der Waals surface area contributed by atoms with Crippen molar-refractivity contribution < 1.29 is 9.59 Å². The van der Waals surface area contributed by atoms with Crippen LogP contribution in [-0.4, -0.2) is 42.1 Å². The van der Waals surface area contributed by atoms with Crippen molar-refractivity contribution in [3.63, 3.8) is 0 Å². The number of hydrogen-bond donors (Lipinski definition) is 3. The number of likely N-dealkylation sites (tertiary alicyclic amines) is 1. The molecule has 2 fully saturated rings. The first-order valence-electron chi connectivity index (χ1n) is 12.1. The van der Waals surface area contributed by atoms with Crippen LogP contribution in [0.2, 0.25) is 0 Å². The third kappa shape index (κ3) is 6.37. The van der Waals surface area contributed by atoms with Crippen LogP contribution in [0, 0.1) is 0 Å². The van der Waals surface area contributed by atoms with Crippen molar-refractivity contribution in [2.24, 2.45) is 0 Å². The van der Waals surface area contributed by atoms with Crippen molar-refractivity contribution in [2.45, 2.75) is 96.6 Å². The molecule has 0 bridgehead atoms. The molecule has 1 saturated carbocycles. The van der Waals surface area contributed by atoms with E-state index in [2.05, 4.69) is 61.8 Å². The van der Waals surface area contributed by atoms with Crippen molar-refractivity contribution in [3.05, 3.63) is 29.3 Å². The summed E-state index contributed by atoms with van der Waals surface area (Å²) in [5.74, 6) is 0.679. The number of carbonyl (C=O) groups is 2. The van der Waals surface area contributed by atoms with Crippen LogP contribution in [-0.2, 0) is 0 Å². The van der Waals surface area contributed by atoms with Gasteiger partial charge in [0, 0.05) is 30.9 Å². The normalized spacial score (nSPS) is 18.3. The molecular weight excluding hydrogens is 388 g/mol. The third-order valence-electron chi connectivity index (χ3n) is 6.66. The standard InChI is InChI=1S/C25H40N4O2/c1-17(2)21-11-8-12-22(18(3)4)23(21)28-25(31)29-15-13-20(14-16-29)27-24(30)26-19-9-6-5-7-10-19/h8,11-12,17-20H,5-7,9-10,13-16H2,1-4H3,(H,28,31)(H2,26,27,30). The average molecular weight is 429 g/mol. The summed E-state index contributed by atoms with van der Waals surface area (Å²) in [6, 6.07) is 6.64. The van der Waals surface area contributed by atoms with Gasteiger partial charge in [-0.15, -0.1) is 0 Å². The smallest absolute Gasteiger partial charge is 0.321 e. The largest absolute Gasteiger partial charge is 0.335 e. The van der Waals surface area contributed by atoms with Crippen molar-refractivity contribution >= 4 is 17.7 Å². The Hall–Kier alpha value is -2.24. The summed E-state index contributed by atoms with van der Waals surface area (Å²) < 4.78 is 0. The molecule has 1 aromatic rings. The van der Waals surface area contributed by atoms with Crippen molar-refractivity contribution in [2.75, 3.05) is 18.4 Å². The maximum atomic E-state index is 13.0. The van der Waals surface area contributed by atoms with E-state index in [4.69, 9.17) is 0 Å². The molecule has 2 aliphatic rings. The highest BCUT2D eigenvalue weighted by Gasteiger charge is 2.26. The van der Waals surface area contributed by atoms with Gasteiger partial charge in [-0.25, -0.2) is 9.59 Å². The summed E-state index contributed by atoms with van der Waals surface area (Å²) in [7, 11) is 0. The van der Waals surface area contributed by atoms with Gasteiger partial charge in [0.1, 0.15) is 0 Å². The number of carbonyl (C=O) groups excluding carboxylic acids is 2. The lowest BCUT2D eigenvalue weighted by atomic mass is 9.92. The number of anilines is 1. The number of hydrogen-bond acceptors (Lipinski definition) is 2. The zero-order valence-electron chi connectivity index (χ0n) is 19.7. The zero-order valence-corrected chi connectivity index (χ0v) is 19.7. The van der Waals surface area contributed by atoms with E-state index in [1.165, 1.54) is 30.4 Å². The van der Waals surface area contributed by atoms with Gasteiger partial charge < -0.3 is 20.9 Å². The van der Waals surface area contributed by atoms with Gasteiger partial charge in [-0.1, -0.05) is 65.2 Å². The minimum atomic E-state index is -0.0535. The van der Waals surface area contributed by atoms with Crippen LogP contribution >= 0.6 is 0 Å². The van der Waals surface area contributed by atoms with E-state index < -0.39 is 0 Å². The van der Waals surface area contributed by atoms with Crippen LogP contribution in [0.1, 0.15) is 95.6 Å². The zero-order chi connectivity index (χ0) is 22.4. The van der Waals surface area contributed by atoms with Gasteiger partial charge in [-0.2, -0.15) is 0 Å².